The van der Waals surface area contributed by atoms with E-state index < -0.39 is 8.65 Å². The third-order valence-corrected chi connectivity index (χ3v) is 4.12. The van der Waals surface area contributed by atoms with Crippen molar-refractivity contribution in [3.63, 3.8) is 0 Å². The van der Waals surface area contributed by atoms with Crippen molar-refractivity contribution in [2.24, 2.45) is 0 Å². The van der Waals surface area contributed by atoms with Crippen LogP contribution in [0.2, 0.25) is 6.55 Å². The van der Waals surface area contributed by atoms with Crippen molar-refractivity contribution in [2.45, 2.75) is 13.5 Å². The Morgan fingerprint density at radius 1 is 1.83 bits per heavy atom. The van der Waals surface area contributed by atoms with Crippen LogP contribution < -0.4 is 0 Å². The summed E-state index contributed by atoms with van der Waals surface area (Å²) in [6.45, 7) is 4.18. The minimum atomic E-state index is -0.432. The van der Waals surface area contributed by atoms with E-state index in [1.807, 2.05) is 6.92 Å². The van der Waals surface area contributed by atoms with Gasteiger partial charge >= 0.3 is 0 Å². The Kier molecular flexibility index (Phi) is 3.36. The Morgan fingerprint density at radius 2 is 2.33 bits per heavy atom. The van der Waals surface area contributed by atoms with Crippen molar-refractivity contribution in [3.05, 3.63) is 0 Å². The van der Waals surface area contributed by atoms with E-state index in [9.17, 15) is 0 Å². The molecule has 0 aromatic carbocycles. The van der Waals surface area contributed by atoms with E-state index in [4.69, 9.17) is 4.12 Å². The van der Waals surface area contributed by atoms with E-state index in [0.717, 1.165) is 10.5 Å². The second-order valence-electron chi connectivity index (χ2n) is 1.10. The van der Waals surface area contributed by atoms with Crippen molar-refractivity contribution in [3.8, 4) is 0 Å². The Balaban J connectivity index is 3.22. The molecule has 0 aliphatic carbocycles. The first-order valence-corrected chi connectivity index (χ1v) is 4.78. The van der Waals surface area contributed by atoms with E-state index in [1.54, 1.807) is 0 Å². The van der Waals surface area contributed by atoms with Gasteiger partial charge in [-0.15, -0.1) is 0 Å². The third-order valence-electron chi connectivity index (χ3n) is 0.729. The number of hydrogen-bond acceptors (Lipinski definition) is 1. The fourth-order valence-corrected chi connectivity index (χ4v) is 1.06. The average Bonchev–Trinajstić information content (AvgIpc) is 1.65. The lowest BCUT2D eigenvalue weighted by Gasteiger charge is -1.91. The van der Waals surface area contributed by atoms with Crippen molar-refractivity contribution in [2.75, 3.05) is 0 Å². The lowest BCUT2D eigenvalue weighted by atomic mass is 11.0. The molecule has 0 aliphatic heterocycles. The van der Waals surface area contributed by atoms with E-state index in [2.05, 4.69) is 12.2 Å². The van der Waals surface area contributed by atoms with Crippen LogP contribution in [-0.2, 0) is 4.12 Å². The standard InChI is InChI=1S/C3H10OSi2/c1-3-6(2)4-5/h3H,1-2,5H3. The van der Waals surface area contributed by atoms with Crippen LogP contribution in [0.5, 0.6) is 0 Å². The molecule has 3 heteroatoms. The molecule has 0 fully saturated rings. The van der Waals surface area contributed by atoms with Gasteiger partial charge in [0.2, 0.25) is 8.65 Å². The normalized spacial score (nSPS) is 12.0. The minimum Gasteiger partial charge on any atom is -0.612 e. The molecule has 0 aromatic rings. The maximum atomic E-state index is 5.08. The Hall–Kier alpha value is 0.104. The van der Waals surface area contributed by atoms with Gasteiger partial charge in [-0.3, -0.25) is 0 Å². The van der Waals surface area contributed by atoms with Gasteiger partial charge in [-0.2, -0.15) is 0 Å². The van der Waals surface area contributed by atoms with Crippen LogP contribution in [0.15, 0.2) is 0 Å². The molecule has 0 heterocycles. The van der Waals surface area contributed by atoms with Gasteiger partial charge in [-0.1, -0.05) is 5.67 Å². The molecule has 0 aromatic heterocycles. The Labute approximate surface area is 43.2 Å². The maximum Gasteiger partial charge on any atom is 0.208 e. The van der Waals surface area contributed by atoms with Crippen LogP contribution in [0.25, 0.3) is 0 Å². The zero-order chi connectivity index (χ0) is 4.99. The zero-order valence-corrected chi connectivity index (χ0v) is 7.49. The fourth-order valence-electron chi connectivity index (χ4n) is 0.118. The first kappa shape index (κ1) is 6.10. The quantitative estimate of drug-likeness (QED) is 0.414. The summed E-state index contributed by atoms with van der Waals surface area (Å²) < 4.78 is 5.08. The van der Waals surface area contributed by atoms with Crippen molar-refractivity contribution >= 4 is 24.8 Å². The van der Waals surface area contributed by atoms with Crippen molar-refractivity contribution < 1.29 is 4.12 Å². The highest BCUT2D eigenvalue weighted by Crippen LogP contribution is 1.61. The highest BCUT2D eigenvalue weighted by atomic mass is 28.3. The molecule has 36 valence electrons. The molecular weight excluding hydrogens is 108 g/mol. The van der Waals surface area contributed by atoms with Crippen LogP contribution in [-0.4, -0.2) is 24.8 Å². The number of hydrogen-bond donors (Lipinski definition) is 0. The predicted octanol–water partition coefficient (Wildman–Crippen LogP) is -0.692. The van der Waals surface area contributed by atoms with E-state index in [-0.39, 0.29) is 0 Å². The molecule has 0 bridgehead atoms. The smallest absolute Gasteiger partial charge is 0.208 e. The van der Waals surface area contributed by atoms with Crippen molar-refractivity contribution in [1.29, 1.82) is 0 Å². The topological polar surface area (TPSA) is 9.23 Å². The SMILES string of the molecule is CC=[Si](C)O[SiH3]. The summed E-state index contributed by atoms with van der Waals surface area (Å²) in [5, 5.41) is 0. The van der Waals surface area contributed by atoms with E-state index in [0.29, 0.717) is 0 Å². The molecule has 0 amide bonds. The first-order chi connectivity index (χ1) is 2.81. The molecule has 0 unspecified atom stereocenters. The van der Waals surface area contributed by atoms with Gasteiger partial charge in [0.05, 0.1) is 0 Å². The summed E-state index contributed by atoms with van der Waals surface area (Å²) in [5.41, 5.74) is 2.14. The van der Waals surface area contributed by atoms with Gasteiger partial charge in [0.25, 0.3) is 0 Å². The van der Waals surface area contributed by atoms with Crippen LogP contribution >= 0.6 is 0 Å². The van der Waals surface area contributed by atoms with E-state index >= 15 is 0 Å². The highest BCUT2D eigenvalue weighted by Gasteiger charge is 1.75. The summed E-state index contributed by atoms with van der Waals surface area (Å²) in [7, 11) is 0.465. The highest BCUT2D eigenvalue weighted by molar-refractivity contribution is 6.61. The lowest BCUT2D eigenvalue weighted by molar-refractivity contribution is 0.665. The summed E-state index contributed by atoms with van der Waals surface area (Å²) in [4.78, 5) is 0. The van der Waals surface area contributed by atoms with Crippen LogP contribution in [0.1, 0.15) is 6.92 Å². The summed E-state index contributed by atoms with van der Waals surface area (Å²) in [6, 6.07) is 0. The largest absolute Gasteiger partial charge is 0.612 e. The summed E-state index contributed by atoms with van der Waals surface area (Å²) in [5.74, 6) is 0. The Bertz CT molecular complexity index is 59.8. The summed E-state index contributed by atoms with van der Waals surface area (Å²) in [6.07, 6.45) is 0. The maximum absolute atomic E-state index is 5.08. The third kappa shape index (κ3) is 2.35. The van der Waals surface area contributed by atoms with Crippen LogP contribution in [0.3, 0.4) is 0 Å². The molecule has 0 atom stereocenters. The molecule has 0 aliphatic rings. The molecular formula is C3H10OSi2. The summed E-state index contributed by atoms with van der Waals surface area (Å²) >= 11 is 0. The average molecular weight is 118 g/mol. The first-order valence-electron chi connectivity index (χ1n) is 1.98. The molecule has 0 saturated carbocycles. The molecule has 0 saturated heterocycles. The molecule has 6 heavy (non-hydrogen) atoms. The van der Waals surface area contributed by atoms with Gasteiger partial charge in [-0.05, 0) is 13.5 Å². The van der Waals surface area contributed by atoms with Gasteiger partial charge in [-0.25, -0.2) is 0 Å². The van der Waals surface area contributed by atoms with Gasteiger partial charge < -0.3 is 4.12 Å². The molecule has 0 rings (SSSR count). The monoisotopic (exact) mass is 118 g/mol. The number of rotatable bonds is 1. The van der Waals surface area contributed by atoms with Crippen LogP contribution in [0.4, 0.5) is 0 Å². The molecule has 0 N–H and O–H groups in total. The van der Waals surface area contributed by atoms with Gasteiger partial charge in [0.15, 0.2) is 10.5 Å². The second kappa shape index (κ2) is 3.30. The molecule has 0 spiro atoms. The van der Waals surface area contributed by atoms with Crippen LogP contribution in [0, 0.1) is 0 Å². The molecule has 1 nitrogen and oxygen atoms in total. The van der Waals surface area contributed by atoms with Gasteiger partial charge in [0, 0.05) is 0 Å². The van der Waals surface area contributed by atoms with E-state index in [1.165, 1.54) is 0 Å². The lowest BCUT2D eigenvalue weighted by Crippen LogP contribution is -2.00. The Morgan fingerprint density at radius 3 is 2.33 bits per heavy atom. The van der Waals surface area contributed by atoms with Gasteiger partial charge in [0.1, 0.15) is 0 Å². The zero-order valence-electron chi connectivity index (χ0n) is 4.49. The van der Waals surface area contributed by atoms with Crippen molar-refractivity contribution in [1.82, 2.24) is 0 Å². The molecule has 0 radical (unpaired) electrons. The second-order valence-corrected chi connectivity index (χ2v) is 4.54. The fraction of sp³-hybridized carbons (Fsp3) is 0.667. The minimum absolute atomic E-state index is 0.432. The predicted molar refractivity (Wildman–Crippen MR) is 34.4 cm³/mol.